The Labute approximate surface area is 115 Å². The highest BCUT2D eigenvalue weighted by atomic mass is 16.5. The van der Waals surface area contributed by atoms with Crippen molar-refractivity contribution in [2.45, 2.75) is 19.3 Å². The van der Waals surface area contributed by atoms with Crippen molar-refractivity contribution >= 4 is 0 Å². The molecule has 1 saturated heterocycles. The lowest BCUT2D eigenvalue weighted by molar-refractivity contribution is -0.0306. The van der Waals surface area contributed by atoms with Gasteiger partial charge in [0.15, 0.2) is 0 Å². The van der Waals surface area contributed by atoms with Crippen LogP contribution in [0.1, 0.15) is 18.4 Å². The van der Waals surface area contributed by atoms with Gasteiger partial charge in [-0.1, -0.05) is 0 Å². The van der Waals surface area contributed by atoms with Gasteiger partial charge in [0, 0.05) is 44.1 Å². The molecule has 1 aliphatic rings. The zero-order chi connectivity index (χ0) is 13.6. The molecule has 1 aromatic heterocycles. The predicted molar refractivity (Wildman–Crippen MR) is 75.0 cm³/mol. The van der Waals surface area contributed by atoms with Crippen LogP contribution in [-0.4, -0.2) is 54.9 Å². The molecule has 4 nitrogen and oxygen atoms in total. The first-order valence-corrected chi connectivity index (χ1v) is 7.00. The lowest BCUT2D eigenvalue weighted by Gasteiger charge is -2.38. The Balaban J connectivity index is 1.81. The van der Waals surface area contributed by atoms with Gasteiger partial charge in [-0.15, -0.1) is 0 Å². The van der Waals surface area contributed by atoms with Crippen LogP contribution >= 0.6 is 0 Å². The first kappa shape index (κ1) is 14.4. The van der Waals surface area contributed by atoms with Gasteiger partial charge < -0.3 is 14.7 Å². The molecule has 106 valence electrons. The van der Waals surface area contributed by atoms with E-state index in [2.05, 4.69) is 29.1 Å². The molecule has 1 aliphatic heterocycles. The van der Waals surface area contributed by atoms with E-state index in [1.54, 1.807) is 0 Å². The molecular weight excluding hydrogens is 240 g/mol. The van der Waals surface area contributed by atoms with Crippen molar-refractivity contribution in [3.63, 3.8) is 0 Å². The minimum atomic E-state index is 0.0330. The molecule has 1 fully saturated rings. The molecule has 2 rings (SSSR count). The topological polar surface area (TPSA) is 45.6 Å². The van der Waals surface area contributed by atoms with Crippen LogP contribution in [0.2, 0.25) is 0 Å². The molecule has 0 bridgehead atoms. The summed E-state index contributed by atoms with van der Waals surface area (Å²) >= 11 is 0. The Hall–Kier alpha value is -0.970. The highest BCUT2D eigenvalue weighted by molar-refractivity contribution is 5.09. The van der Waals surface area contributed by atoms with Crippen molar-refractivity contribution in [1.82, 2.24) is 9.88 Å². The van der Waals surface area contributed by atoms with Crippen LogP contribution in [0.15, 0.2) is 24.5 Å². The normalized spacial score (nSPS) is 18.7. The molecule has 1 N–H and O–H groups in total. The summed E-state index contributed by atoms with van der Waals surface area (Å²) in [6.07, 6.45) is 6.62. The van der Waals surface area contributed by atoms with E-state index >= 15 is 0 Å². The van der Waals surface area contributed by atoms with Crippen LogP contribution in [0, 0.1) is 5.41 Å². The second kappa shape index (κ2) is 6.98. The quantitative estimate of drug-likeness (QED) is 0.842. The molecule has 0 aromatic carbocycles. The van der Waals surface area contributed by atoms with Crippen molar-refractivity contribution in [3.05, 3.63) is 30.1 Å². The van der Waals surface area contributed by atoms with Crippen molar-refractivity contribution in [3.8, 4) is 0 Å². The number of aliphatic hydroxyl groups excluding tert-OH is 1. The maximum Gasteiger partial charge on any atom is 0.0501 e. The highest BCUT2D eigenvalue weighted by Gasteiger charge is 2.32. The van der Waals surface area contributed by atoms with Crippen LogP contribution in [0.5, 0.6) is 0 Å². The van der Waals surface area contributed by atoms with E-state index in [1.165, 1.54) is 5.56 Å². The first-order chi connectivity index (χ1) is 9.24. The molecule has 2 heterocycles. The Bertz CT molecular complexity index is 364. The zero-order valence-electron chi connectivity index (χ0n) is 11.7. The summed E-state index contributed by atoms with van der Waals surface area (Å²) in [6, 6.07) is 4.12. The number of pyridine rings is 1. The van der Waals surface area contributed by atoms with Gasteiger partial charge in [-0.05, 0) is 44.0 Å². The van der Waals surface area contributed by atoms with E-state index in [-0.39, 0.29) is 12.0 Å². The van der Waals surface area contributed by atoms with Crippen LogP contribution in [-0.2, 0) is 11.2 Å². The Kier molecular flexibility index (Phi) is 5.31. The second-order valence-corrected chi connectivity index (χ2v) is 5.61. The molecule has 19 heavy (non-hydrogen) atoms. The van der Waals surface area contributed by atoms with Gasteiger partial charge in [0.1, 0.15) is 0 Å². The molecule has 4 heteroatoms. The second-order valence-electron chi connectivity index (χ2n) is 5.61. The minimum absolute atomic E-state index is 0.0330. The van der Waals surface area contributed by atoms with Gasteiger partial charge in [0.25, 0.3) is 0 Å². The van der Waals surface area contributed by atoms with E-state index in [4.69, 9.17) is 4.74 Å². The van der Waals surface area contributed by atoms with E-state index < -0.39 is 0 Å². The SMILES string of the molecule is CN(CCc1ccncc1)CC1(CO)CCOCC1. The monoisotopic (exact) mass is 264 g/mol. The molecular formula is C15H24N2O2. The number of ether oxygens (including phenoxy) is 1. The summed E-state index contributed by atoms with van der Waals surface area (Å²) in [5.41, 5.74) is 1.34. The zero-order valence-corrected chi connectivity index (χ0v) is 11.7. The number of hydrogen-bond donors (Lipinski definition) is 1. The van der Waals surface area contributed by atoms with Crippen molar-refractivity contribution in [1.29, 1.82) is 0 Å². The first-order valence-electron chi connectivity index (χ1n) is 7.00. The average Bonchev–Trinajstić information content (AvgIpc) is 2.47. The number of likely N-dealkylation sites (N-methyl/N-ethyl adjacent to an activating group) is 1. The van der Waals surface area contributed by atoms with Crippen LogP contribution < -0.4 is 0 Å². The molecule has 0 spiro atoms. The third kappa shape index (κ3) is 4.27. The summed E-state index contributed by atoms with van der Waals surface area (Å²) in [6.45, 7) is 3.76. The average molecular weight is 264 g/mol. The Morgan fingerprint density at radius 3 is 2.63 bits per heavy atom. The van der Waals surface area contributed by atoms with E-state index in [9.17, 15) is 5.11 Å². The van der Waals surface area contributed by atoms with Crippen molar-refractivity contribution in [2.75, 3.05) is 40.0 Å². The maximum absolute atomic E-state index is 9.69. The van der Waals surface area contributed by atoms with Gasteiger partial charge in [-0.25, -0.2) is 0 Å². The Morgan fingerprint density at radius 2 is 2.00 bits per heavy atom. The fourth-order valence-electron chi connectivity index (χ4n) is 2.69. The van der Waals surface area contributed by atoms with Gasteiger partial charge in [-0.2, -0.15) is 0 Å². The fraction of sp³-hybridized carbons (Fsp3) is 0.667. The van der Waals surface area contributed by atoms with Gasteiger partial charge in [-0.3, -0.25) is 4.98 Å². The molecule has 0 saturated carbocycles. The lowest BCUT2D eigenvalue weighted by Crippen LogP contribution is -2.43. The summed E-state index contributed by atoms with van der Waals surface area (Å²) in [5, 5.41) is 9.69. The minimum Gasteiger partial charge on any atom is -0.396 e. The molecule has 0 atom stereocenters. The van der Waals surface area contributed by atoms with E-state index in [0.29, 0.717) is 0 Å². The molecule has 1 aromatic rings. The molecule has 0 radical (unpaired) electrons. The summed E-state index contributed by atoms with van der Waals surface area (Å²) in [5.74, 6) is 0. The van der Waals surface area contributed by atoms with Crippen LogP contribution in [0.4, 0.5) is 0 Å². The predicted octanol–water partition coefficient (Wildman–Crippen LogP) is 1.34. The molecule has 0 aliphatic carbocycles. The smallest absolute Gasteiger partial charge is 0.0501 e. The Morgan fingerprint density at radius 1 is 1.32 bits per heavy atom. The third-order valence-electron chi connectivity index (χ3n) is 4.03. The largest absolute Gasteiger partial charge is 0.396 e. The van der Waals surface area contributed by atoms with Crippen LogP contribution in [0.25, 0.3) is 0 Å². The van der Waals surface area contributed by atoms with E-state index in [0.717, 1.165) is 45.6 Å². The number of nitrogens with zero attached hydrogens (tertiary/aromatic N) is 2. The van der Waals surface area contributed by atoms with Crippen LogP contribution in [0.3, 0.4) is 0 Å². The van der Waals surface area contributed by atoms with Crippen molar-refractivity contribution < 1.29 is 9.84 Å². The standard InChI is InChI=1S/C15H24N2O2/c1-17(9-4-14-2-7-16-8-3-14)12-15(13-18)5-10-19-11-6-15/h2-3,7-8,18H,4-6,9-13H2,1H3. The molecule has 0 unspecified atom stereocenters. The highest BCUT2D eigenvalue weighted by Crippen LogP contribution is 2.30. The van der Waals surface area contributed by atoms with Gasteiger partial charge in [0.05, 0.1) is 6.61 Å². The lowest BCUT2D eigenvalue weighted by atomic mass is 9.80. The fourth-order valence-corrected chi connectivity index (χ4v) is 2.69. The summed E-state index contributed by atoms with van der Waals surface area (Å²) < 4.78 is 5.40. The summed E-state index contributed by atoms with van der Waals surface area (Å²) in [4.78, 5) is 6.35. The van der Waals surface area contributed by atoms with Crippen molar-refractivity contribution in [2.24, 2.45) is 5.41 Å². The molecule has 0 amide bonds. The number of aliphatic hydroxyl groups is 1. The number of rotatable bonds is 6. The number of hydrogen-bond acceptors (Lipinski definition) is 4. The maximum atomic E-state index is 9.69. The number of aromatic nitrogens is 1. The third-order valence-corrected chi connectivity index (χ3v) is 4.03. The van der Waals surface area contributed by atoms with E-state index in [1.807, 2.05) is 12.4 Å². The summed E-state index contributed by atoms with van der Waals surface area (Å²) in [7, 11) is 2.13. The van der Waals surface area contributed by atoms with Gasteiger partial charge in [0.2, 0.25) is 0 Å². The van der Waals surface area contributed by atoms with Gasteiger partial charge >= 0.3 is 0 Å².